The van der Waals surface area contributed by atoms with Crippen molar-refractivity contribution in [2.24, 2.45) is 0 Å². The number of likely N-dealkylation sites (N-methyl/N-ethyl adjacent to an activating group) is 1. The van der Waals surface area contributed by atoms with Gasteiger partial charge in [-0.2, -0.15) is 0 Å². The lowest BCUT2D eigenvalue weighted by molar-refractivity contribution is 0.0957. The zero-order valence-electron chi connectivity index (χ0n) is 12.2. The standard InChI is InChI=1S/C10H13N5O2/c1-11-9(16)7-3-4-8(13-12-7)15-6-5-14(2)10(15)17/h3-4H,5-6H2,1-2H3,(H,11,16)/i1D3. The Kier molecular flexibility index (Phi) is 2.05. The van der Waals surface area contributed by atoms with E-state index in [-0.39, 0.29) is 11.7 Å². The van der Waals surface area contributed by atoms with Gasteiger partial charge < -0.3 is 10.2 Å². The summed E-state index contributed by atoms with van der Waals surface area (Å²) >= 11 is 0. The summed E-state index contributed by atoms with van der Waals surface area (Å²) < 4.78 is 20.8. The minimum absolute atomic E-state index is 0.120. The quantitative estimate of drug-likeness (QED) is 0.767. The van der Waals surface area contributed by atoms with Crippen LogP contribution >= 0.6 is 0 Å². The largest absolute Gasteiger partial charge is 0.354 e. The molecule has 7 nitrogen and oxygen atoms in total. The fourth-order valence-corrected chi connectivity index (χ4v) is 1.51. The van der Waals surface area contributed by atoms with Crippen molar-refractivity contribution in [3.8, 4) is 0 Å². The van der Waals surface area contributed by atoms with Gasteiger partial charge in [-0.1, -0.05) is 0 Å². The topological polar surface area (TPSA) is 78.4 Å². The summed E-state index contributed by atoms with van der Waals surface area (Å²) in [6, 6.07) is 2.59. The number of amides is 3. The van der Waals surface area contributed by atoms with Crippen molar-refractivity contribution < 1.29 is 13.7 Å². The van der Waals surface area contributed by atoms with Gasteiger partial charge in [-0.3, -0.25) is 9.69 Å². The number of carbonyl (C=O) groups is 2. The zero-order valence-corrected chi connectivity index (χ0v) is 9.17. The lowest BCUT2D eigenvalue weighted by Crippen LogP contribution is -2.30. The molecule has 1 N–H and O–H groups in total. The highest BCUT2D eigenvalue weighted by molar-refractivity contribution is 5.94. The monoisotopic (exact) mass is 238 g/mol. The van der Waals surface area contributed by atoms with Crippen LogP contribution in [-0.2, 0) is 0 Å². The Labute approximate surface area is 103 Å². The van der Waals surface area contributed by atoms with E-state index >= 15 is 0 Å². The van der Waals surface area contributed by atoms with Gasteiger partial charge in [-0.15, -0.1) is 10.2 Å². The first-order chi connectivity index (χ1) is 9.28. The van der Waals surface area contributed by atoms with Crippen LogP contribution in [0.3, 0.4) is 0 Å². The summed E-state index contributed by atoms with van der Waals surface area (Å²) in [6.45, 7) is -1.50. The molecule has 0 radical (unpaired) electrons. The number of rotatable bonds is 2. The molecule has 0 saturated carbocycles. The van der Waals surface area contributed by atoms with Gasteiger partial charge in [0, 0.05) is 31.2 Å². The average Bonchev–Trinajstić information content (AvgIpc) is 2.68. The molecule has 3 amide bonds. The van der Waals surface area contributed by atoms with Crippen molar-refractivity contribution in [3.63, 3.8) is 0 Å². The molecule has 7 heteroatoms. The first kappa shape index (κ1) is 7.99. The second-order valence-corrected chi connectivity index (χ2v) is 3.59. The first-order valence-corrected chi connectivity index (χ1v) is 4.97. The predicted octanol–water partition coefficient (Wildman–Crippen LogP) is -0.292. The molecule has 1 aliphatic heterocycles. The van der Waals surface area contributed by atoms with Crippen molar-refractivity contribution in [2.75, 3.05) is 32.0 Å². The normalized spacial score (nSPS) is 18.6. The van der Waals surface area contributed by atoms with Gasteiger partial charge >= 0.3 is 6.03 Å². The van der Waals surface area contributed by atoms with Crippen molar-refractivity contribution >= 4 is 17.8 Å². The highest BCUT2D eigenvalue weighted by Gasteiger charge is 2.27. The highest BCUT2D eigenvalue weighted by Crippen LogP contribution is 2.15. The van der Waals surface area contributed by atoms with Gasteiger partial charge in [-0.25, -0.2) is 4.79 Å². The van der Waals surface area contributed by atoms with Gasteiger partial charge in [0.1, 0.15) is 0 Å². The fraction of sp³-hybridized carbons (Fsp3) is 0.400. The fourth-order valence-electron chi connectivity index (χ4n) is 1.51. The van der Waals surface area contributed by atoms with E-state index in [1.54, 1.807) is 7.05 Å². The smallest absolute Gasteiger partial charge is 0.325 e. The number of urea groups is 1. The molecule has 2 heterocycles. The van der Waals surface area contributed by atoms with E-state index in [2.05, 4.69) is 10.2 Å². The summed E-state index contributed by atoms with van der Waals surface area (Å²) in [5, 5.41) is 9.23. The maximum atomic E-state index is 11.7. The molecule has 2 rings (SSSR count). The number of aromatic nitrogens is 2. The van der Waals surface area contributed by atoms with Crippen molar-refractivity contribution in [1.29, 1.82) is 0 Å². The number of carbonyl (C=O) groups excluding carboxylic acids is 2. The Morgan fingerprint density at radius 2 is 2.29 bits per heavy atom. The number of hydrogen-bond donors (Lipinski definition) is 1. The maximum Gasteiger partial charge on any atom is 0.325 e. The van der Waals surface area contributed by atoms with E-state index in [9.17, 15) is 9.59 Å². The molecule has 1 saturated heterocycles. The number of anilines is 1. The van der Waals surface area contributed by atoms with Crippen molar-refractivity contribution in [1.82, 2.24) is 20.4 Å². The van der Waals surface area contributed by atoms with E-state index < -0.39 is 12.9 Å². The lowest BCUT2D eigenvalue weighted by atomic mass is 10.3. The Bertz CT molecular complexity index is 531. The maximum absolute atomic E-state index is 11.7. The Morgan fingerprint density at radius 1 is 1.47 bits per heavy atom. The summed E-state index contributed by atoms with van der Waals surface area (Å²) in [6.07, 6.45) is 0. The van der Waals surface area contributed by atoms with Gasteiger partial charge in [0.15, 0.2) is 11.5 Å². The molecule has 1 aromatic rings. The molecule has 90 valence electrons. The van der Waals surface area contributed by atoms with Crippen LogP contribution in [0.5, 0.6) is 0 Å². The second kappa shape index (κ2) is 4.36. The minimum atomic E-state index is -2.58. The minimum Gasteiger partial charge on any atom is -0.354 e. The molecule has 0 unspecified atom stereocenters. The highest BCUT2D eigenvalue weighted by atomic mass is 16.2. The first-order valence-electron chi connectivity index (χ1n) is 6.47. The number of hydrogen-bond acceptors (Lipinski definition) is 4. The van der Waals surface area contributed by atoms with Crippen LogP contribution in [0.15, 0.2) is 12.1 Å². The lowest BCUT2D eigenvalue weighted by Gasteiger charge is -2.14. The van der Waals surface area contributed by atoms with Crippen LogP contribution in [0.25, 0.3) is 0 Å². The van der Waals surface area contributed by atoms with Gasteiger partial charge in [0.25, 0.3) is 5.91 Å². The summed E-state index contributed by atoms with van der Waals surface area (Å²) in [4.78, 5) is 26.3. The van der Waals surface area contributed by atoms with Gasteiger partial charge in [-0.05, 0) is 12.1 Å². The molecule has 1 aromatic heterocycles. The van der Waals surface area contributed by atoms with Crippen LogP contribution in [0.4, 0.5) is 10.6 Å². The van der Waals surface area contributed by atoms with Gasteiger partial charge in [0.05, 0.1) is 0 Å². The van der Waals surface area contributed by atoms with Crippen LogP contribution in [0, 0.1) is 0 Å². The Balaban J connectivity index is 2.11. The molecule has 1 fully saturated rings. The van der Waals surface area contributed by atoms with Crippen LogP contribution in [0.1, 0.15) is 14.6 Å². The van der Waals surface area contributed by atoms with Gasteiger partial charge in [0.2, 0.25) is 0 Å². The summed E-state index contributed by atoms with van der Waals surface area (Å²) in [7, 11) is 1.67. The summed E-state index contributed by atoms with van der Waals surface area (Å²) in [5.41, 5.74) is -0.120. The predicted molar refractivity (Wildman–Crippen MR) is 60.8 cm³/mol. The van der Waals surface area contributed by atoms with Crippen molar-refractivity contribution in [3.05, 3.63) is 17.8 Å². The zero-order chi connectivity index (χ0) is 14.9. The third-order valence-electron chi connectivity index (χ3n) is 2.49. The van der Waals surface area contributed by atoms with Crippen LogP contribution in [-0.4, -0.2) is 54.1 Å². The molecular formula is C10H13N5O2. The molecule has 1 aliphatic rings. The molecule has 0 spiro atoms. The van der Waals surface area contributed by atoms with E-state index in [0.717, 1.165) is 0 Å². The summed E-state index contributed by atoms with van der Waals surface area (Å²) in [5.74, 6) is -0.515. The molecule has 0 bridgehead atoms. The van der Waals surface area contributed by atoms with E-state index in [1.165, 1.54) is 21.9 Å². The van der Waals surface area contributed by atoms with Crippen LogP contribution < -0.4 is 10.2 Å². The third-order valence-corrected chi connectivity index (χ3v) is 2.49. The van der Waals surface area contributed by atoms with E-state index in [0.29, 0.717) is 18.9 Å². The Morgan fingerprint density at radius 3 is 2.82 bits per heavy atom. The SMILES string of the molecule is [2H]C([2H])([2H])NC(=O)c1ccc(N2CCN(C)C2=O)nn1. The molecule has 0 atom stereocenters. The average molecular weight is 238 g/mol. The number of nitrogens with one attached hydrogen (secondary N) is 1. The van der Waals surface area contributed by atoms with Crippen LogP contribution in [0.2, 0.25) is 0 Å². The number of nitrogens with zero attached hydrogens (tertiary/aromatic N) is 4. The van der Waals surface area contributed by atoms with Crippen molar-refractivity contribution in [2.45, 2.75) is 0 Å². The Hall–Kier alpha value is -2.18. The second-order valence-electron chi connectivity index (χ2n) is 3.59. The third kappa shape index (κ3) is 2.03. The molecular weight excluding hydrogens is 222 g/mol. The molecule has 0 aliphatic carbocycles. The van der Waals surface area contributed by atoms with E-state index in [4.69, 9.17) is 4.11 Å². The molecule has 17 heavy (non-hydrogen) atoms. The van der Waals surface area contributed by atoms with E-state index in [1.807, 2.05) is 5.32 Å². The molecule has 0 aromatic carbocycles.